The van der Waals surface area contributed by atoms with Gasteiger partial charge in [-0.1, -0.05) is 12.1 Å². The topological polar surface area (TPSA) is 55.6 Å². The molecule has 2 N–H and O–H groups in total. The fourth-order valence-corrected chi connectivity index (χ4v) is 1.92. The zero-order chi connectivity index (χ0) is 10.8. The summed E-state index contributed by atoms with van der Waals surface area (Å²) in [5.74, 6) is 0. The first-order valence-electron chi connectivity index (χ1n) is 4.91. The Morgan fingerprint density at radius 3 is 3.07 bits per heavy atom. The average Bonchev–Trinajstić information content (AvgIpc) is 2.28. The zero-order valence-corrected chi connectivity index (χ0v) is 8.69. The number of amides is 1. The highest BCUT2D eigenvalue weighted by Gasteiger charge is 2.21. The second-order valence-electron chi connectivity index (χ2n) is 3.63. The number of fused-ring (bicyclic) bond motifs is 1. The molecule has 4 heteroatoms. The summed E-state index contributed by atoms with van der Waals surface area (Å²) in [6.07, 6.45) is 0.528. The summed E-state index contributed by atoms with van der Waals surface area (Å²) in [7, 11) is 1.40. The van der Waals surface area contributed by atoms with E-state index in [1.807, 2.05) is 18.2 Å². The van der Waals surface area contributed by atoms with Crippen LogP contribution in [0.4, 0.5) is 10.5 Å². The highest BCUT2D eigenvalue weighted by atomic mass is 16.5. The number of anilines is 1. The van der Waals surface area contributed by atoms with Crippen molar-refractivity contribution in [1.82, 2.24) is 4.90 Å². The van der Waals surface area contributed by atoms with Crippen molar-refractivity contribution in [2.45, 2.75) is 13.0 Å². The second kappa shape index (κ2) is 3.81. The minimum Gasteiger partial charge on any atom is -0.453 e. The summed E-state index contributed by atoms with van der Waals surface area (Å²) < 4.78 is 4.69. The molecule has 0 aliphatic carbocycles. The third-order valence-electron chi connectivity index (χ3n) is 2.74. The largest absolute Gasteiger partial charge is 0.453 e. The van der Waals surface area contributed by atoms with Crippen molar-refractivity contribution in [3.63, 3.8) is 0 Å². The van der Waals surface area contributed by atoms with Crippen molar-refractivity contribution in [3.05, 3.63) is 29.3 Å². The Morgan fingerprint density at radius 1 is 1.53 bits per heavy atom. The molecule has 1 aromatic rings. The molecule has 0 atom stereocenters. The van der Waals surface area contributed by atoms with Crippen LogP contribution in [0.15, 0.2) is 18.2 Å². The van der Waals surface area contributed by atoms with E-state index in [4.69, 9.17) is 10.5 Å². The van der Waals surface area contributed by atoms with Gasteiger partial charge in [0.2, 0.25) is 0 Å². The fraction of sp³-hybridized carbons (Fsp3) is 0.364. The number of methoxy groups -OCH3 is 1. The van der Waals surface area contributed by atoms with Crippen LogP contribution in [-0.4, -0.2) is 24.6 Å². The normalized spacial score (nSPS) is 14.6. The van der Waals surface area contributed by atoms with Crippen LogP contribution in [0.2, 0.25) is 0 Å². The van der Waals surface area contributed by atoms with E-state index in [1.165, 1.54) is 7.11 Å². The van der Waals surface area contributed by atoms with Gasteiger partial charge in [-0.05, 0) is 23.6 Å². The Morgan fingerprint density at radius 2 is 2.33 bits per heavy atom. The van der Waals surface area contributed by atoms with E-state index in [-0.39, 0.29) is 6.09 Å². The predicted octanol–water partition coefficient (Wildman–Crippen LogP) is 1.39. The van der Waals surface area contributed by atoms with E-state index < -0.39 is 0 Å². The molecular weight excluding hydrogens is 192 g/mol. The molecular formula is C11H14N2O2. The molecule has 0 radical (unpaired) electrons. The molecule has 4 nitrogen and oxygen atoms in total. The van der Waals surface area contributed by atoms with Gasteiger partial charge in [0, 0.05) is 18.8 Å². The number of ether oxygens (including phenoxy) is 1. The number of nitrogens with two attached hydrogens (primary N) is 1. The van der Waals surface area contributed by atoms with Crippen LogP contribution in [0.25, 0.3) is 0 Å². The van der Waals surface area contributed by atoms with E-state index in [0.29, 0.717) is 13.1 Å². The van der Waals surface area contributed by atoms with Crippen LogP contribution in [-0.2, 0) is 17.7 Å². The third kappa shape index (κ3) is 1.75. The molecule has 1 aliphatic heterocycles. The molecule has 0 unspecified atom stereocenters. The maximum Gasteiger partial charge on any atom is 0.409 e. The van der Waals surface area contributed by atoms with Crippen molar-refractivity contribution in [2.75, 3.05) is 19.4 Å². The molecule has 0 aromatic heterocycles. The van der Waals surface area contributed by atoms with Gasteiger partial charge < -0.3 is 15.4 Å². The number of nitrogens with zero attached hydrogens (tertiary/aromatic N) is 1. The summed E-state index contributed by atoms with van der Waals surface area (Å²) >= 11 is 0. The quantitative estimate of drug-likeness (QED) is 0.653. The van der Waals surface area contributed by atoms with Crippen molar-refractivity contribution >= 4 is 11.8 Å². The van der Waals surface area contributed by atoms with Crippen LogP contribution in [0.3, 0.4) is 0 Å². The molecule has 0 fully saturated rings. The minimum atomic E-state index is -0.275. The fourth-order valence-electron chi connectivity index (χ4n) is 1.92. The van der Waals surface area contributed by atoms with Crippen LogP contribution in [0, 0.1) is 0 Å². The maximum absolute atomic E-state index is 11.3. The first-order chi connectivity index (χ1) is 7.22. The molecule has 1 aliphatic rings. The Kier molecular flexibility index (Phi) is 2.49. The summed E-state index contributed by atoms with van der Waals surface area (Å²) in [5, 5.41) is 0. The van der Waals surface area contributed by atoms with Gasteiger partial charge >= 0.3 is 6.09 Å². The lowest BCUT2D eigenvalue weighted by molar-refractivity contribution is 0.118. The van der Waals surface area contributed by atoms with E-state index in [1.54, 1.807) is 4.90 Å². The van der Waals surface area contributed by atoms with Crippen LogP contribution in [0.1, 0.15) is 11.1 Å². The van der Waals surface area contributed by atoms with E-state index in [2.05, 4.69) is 0 Å². The molecule has 0 saturated heterocycles. The summed E-state index contributed by atoms with van der Waals surface area (Å²) in [4.78, 5) is 13.0. The Labute approximate surface area is 88.6 Å². The SMILES string of the molecule is COC(=O)N1CCc2c(N)cccc2C1. The third-order valence-corrected chi connectivity index (χ3v) is 2.74. The standard InChI is InChI=1S/C11H14N2O2/c1-15-11(14)13-6-5-9-8(7-13)3-2-4-10(9)12/h2-4H,5-7,12H2,1H3. The van der Waals surface area contributed by atoms with E-state index >= 15 is 0 Å². The van der Waals surface area contributed by atoms with E-state index in [9.17, 15) is 4.79 Å². The number of hydrogen-bond donors (Lipinski definition) is 1. The highest BCUT2D eigenvalue weighted by molar-refractivity contribution is 5.68. The molecule has 1 aromatic carbocycles. The highest BCUT2D eigenvalue weighted by Crippen LogP contribution is 2.24. The number of benzene rings is 1. The van der Waals surface area contributed by atoms with Gasteiger partial charge in [0.1, 0.15) is 0 Å². The molecule has 0 bridgehead atoms. The van der Waals surface area contributed by atoms with Crippen molar-refractivity contribution < 1.29 is 9.53 Å². The lowest BCUT2D eigenvalue weighted by Crippen LogP contribution is -2.36. The van der Waals surface area contributed by atoms with Gasteiger partial charge in [-0.3, -0.25) is 0 Å². The van der Waals surface area contributed by atoms with Gasteiger partial charge in [-0.15, -0.1) is 0 Å². The average molecular weight is 206 g/mol. The Bertz CT molecular complexity index is 390. The minimum absolute atomic E-state index is 0.275. The van der Waals surface area contributed by atoms with Crippen molar-refractivity contribution in [1.29, 1.82) is 0 Å². The Hall–Kier alpha value is -1.71. The van der Waals surface area contributed by atoms with Crippen LogP contribution < -0.4 is 5.73 Å². The van der Waals surface area contributed by atoms with Gasteiger partial charge in [-0.2, -0.15) is 0 Å². The predicted molar refractivity (Wildman–Crippen MR) is 57.4 cm³/mol. The van der Waals surface area contributed by atoms with Gasteiger partial charge in [0.25, 0.3) is 0 Å². The molecule has 80 valence electrons. The molecule has 0 spiro atoms. The number of carbonyl (C=O) groups excluding carboxylic acids is 1. The lowest BCUT2D eigenvalue weighted by atomic mass is 9.98. The zero-order valence-electron chi connectivity index (χ0n) is 8.69. The maximum atomic E-state index is 11.3. The molecule has 0 saturated carbocycles. The van der Waals surface area contributed by atoms with Crippen molar-refractivity contribution in [3.8, 4) is 0 Å². The molecule has 1 amide bonds. The van der Waals surface area contributed by atoms with Crippen LogP contribution >= 0.6 is 0 Å². The first kappa shape index (κ1) is 9.83. The number of nitrogen functional groups attached to an aromatic ring is 1. The lowest BCUT2D eigenvalue weighted by Gasteiger charge is -2.28. The summed E-state index contributed by atoms with van der Waals surface area (Å²) in [5.41, 5.74) is 8.96. The van der Waals surface area contributed by atoms with Gasteiger partial charge in [-0.25, -0.2) is 4.79 Å². The number of rotatable bonds is 0. The monoisotopic (exact) mass is 206 g/mol. The van der Waals surface area contributed by atoms with Gasteiger partial charge in [0.15, 0.2) is 0 Å². The van der Waals surface area contributed by atoms with Crippen molar-refractivity contribution in [2.24, 2.45) is 0 Å². The summed E-state index contributed by atoms with van der Waals surface area (Å²) in [6, 6.07) is 5.81. The van der Waals surface area contributed by atoms with E-state index in [0.717, 1.165) is 23.2 Å². The molecule has 2 rings (SSSR count). The van der Waals surface area contributed by atoms with Crippen LogP contribution in [0.5, 0.6) is 0 Å². The Balaban J connectivity index is 2.24. The smallest absolute Gasteiger partial charge is 0.409 e. The second-order valence-corrected chi connectivity index (χ2v) is 3.63. The summed E-state index contributed by atoms with van der Waals surface area (Å²) in [6.45, 7) is 1.26. The molecule has 1 heterocycles. The molecule has 15 heavy (non-hydrogen) atoms. The number of carbonyl (C=O) groups is 1. The number of hydrogen-bond acceptors (Lipinski definition) is 3. The first-order valence-corrected chi connectivity index (χ1v) is 4.91. The van der Waals surface area contributed by atoms with Gasteiger partial charge in [0.05, 0.1) is 7.11 Å².